The van der Waals surface area contributed by atoms with E-state index in [-0.39, 0.29) is 11.7 Å². The number of benzene rings is 1. The molecule has 1 aliphatic rings. The van der Waals surface area contributed by atoms with Crippen molar-refractivity contribution in [2.45, 2.75) is 12.8 Å². The summed E-state index contributed by atoms with van der Waals surface area (Å²) in [4.78, 5) is 12.4. The van der Waals surface area contributed by atoms with E-state index in [0.717, 1.165) is 19.4 Å². The minimum atomic E-state index is -0.0258. The summed E-state index contributed by atoms with van der Waals surface area (Å²) in [5, 5.41) is 4.05. The van der Waals surface area contributed by atoms with Crippen LogP contribution < -0.4 is 10.1 Å². The molecule has 1 heterocycles. The van der Waals surface area contributed by atoms with Crippen molar-refractivity contribution in [1.82, 2.24) is 5.32 Å². The quantitative estimate of drug-likeness (QED) is 0.868. The molecule has 98 valence electrons. The number of carbonyl (C=O) groups excluding carboxylic acids is 1. The maximum absolute atomic E-state index is 12.4. The van der Waals surface area contributed by atoms with Crippen LogP contribution in [0.25, 0.3) is 0 Å². The van der Waals surface area contributed by atoms with Gasteiger partial charge >= 0.3 is 0 Å². The van der Waals surface area contributed by atoms with E-state index in [1.807, 2.05) is 0 Å². The second-order valence-electron chi connectivity index (χ2n) is 4.38. The summed E-state index contributed by atoms with van der Waals surface area (Å²) >= 11 is 12.0. The lowest BCUT2D eigenvalue weighted by atomic mass is 9.90. The molecule has 0 bridgehead atoms. The summed E-state index contributed by atoms with van der Waals surface area (Å²) in [6.07, 6.45) is 1.89. The lowest BCUT2D eigenvalue weighted by Crippen LogP contribution is -2.34. The number of hydrogen-bond donors (Lipinski definition) is 1. The number of carbonyl (C=O) groups is 1. The van der Waals surface area contributed by atoms with Crippen LogP contribution in [0.15, 0.2) is 12.1 Å². The average Bonchev–Trinajstić information content (AvgIpc) is 2.38. The van der Waals surface area contributed by atoms with Crippen LogP contribution in [0.4, 0.5) is 0 Å². The highest BCUT2D eigenvalue weighted by atomic mass is 35.5. The predicted octanol–water partition coefficient (Wildman–Crippen LogP) is 3.18. The van der Waals surface area contributed by atoms with Gasteiger partial charge in [-0.05, 0) is 31.5 Å². The molecule has 0 saturated carbocycles. The first-order chi connectivity index (χ1) is 8.63. The van der Waals surface area contributed by atoms with Crippen molar-refractivity contribution in [2.75, 3.05) is 20.2 Å². The van der Waals surface area contributed by atoms with E-state index in [2.05, 4.69) is 5.32 Å². The SMILES string of the molecule is COc1c(Cl)cc(Cl)cc1C(=O)C1CCCNC1. The van der Waals surface area contributed by atoms with Crippen molar-refractivity contribution < 1.29 is 9.53 Å². The van der Waals surface area contributed by atoms with Crippen molar-refractivity contribution in [3.05, 3.63) is 27.7 Å². The molecule has 2 rings (SSSR count). The van der Waals surface area contributed by atoms with Crippen molar-refractivity contribution >= 4 is 29.0 Å². The molecule has 1 unspecified atom stereocenters. The molecule has 5 heteroatoms. The highest BCUT2D eigenvalue weighted by molar-refractivity contribution is 6.36. The van der Waals surface area contributed by atoms with E-state index in [1.54, 1.807) is 12.1 Å². The fourth-order valence-electron chi connectivity index (χ4n) is 2.25. The van der Waals surface area contributed by atoms with Gasteiger partial charge in [-0.3, -0.25) is 4.79 Å². The van der Waals surface area contributed by atoms with E-state index in [1.165, 1.54) is 7.11 Å². The van der Waals surface area contributed by atoms with E-state index in [0.29, 0.717) is 27.9 Å². The maximum atomic E-state index is 12.4. The van der Waals surface area contributed by atoms with Gasteiger partial charge in [-0.1, -0.05) is 23.2 Å². The van der Waals surface area contributed by atoms with Gasteiger partial charge in [0.1, 0.15) is 5.75 Å². The van der Waals surface area contributed by atoms with Gasteiger partial charge in [-0.2, -0.15) is 0 Å². The van der Waals surface area contributed by atoms with Gasteiger partial charge in [0.15, 0.2) is 5.78 Å². The zero-order chi connectivity index (χ0) is 13.1. The van der Waals surface area contributed by atoms with Crippen molar-refractivity contribution in [2.24, 2.45) is 5.92 Å². The third-order valence-corrected chi connectivity index (χ3v) is 3.64. The van der Waals surface area contributed by atoms with Gasteiger partial charge < -0.3 is 10.1 Å². The summed E-state index contributed by atoms with van der Waals surface area (Å²) in [5.41, 5.74) is 0.476. The lowest BCUT2D eigenvalue weighted by molar-refractivity contribution is 0.0896. The van der Waals surface area contributed by atoms with Crippen LogP contribution in [0.3, 0.4) is 0 Å². The van der Waals surface area contributed by atoms with Crippen molar-refractivity contribution in [3.63, 3.8) is 0 Å². The summed E-state index contributed by atoms with van der Waals surface area (Å²) in [7, 11) is 1.50. The highest BCUT2D eigenvalue weighted by Gasteiger charge is 2.26. The smallest absolute Gasteiger partial charge is 0.171 e. The summed E-state index contributed by atoms with van der Waals surface area (Å²) in [6, 6.07) is 3.21. The molecule has 0 radical (unpaired) electrons. The number of piperidine rings is 1. The van der Waals surface area contributed by atoms with Gasteiger partial charge in [0.25, 0.3) is 0 Å². The fraction of sp³-hybridized carbons (Fsp3) is 0.462. The Balaban J connectivity index is 2.33. The monoisotopic (exact) mass is 287 g/mol. The number of ether oxygens (including phenoxy) is 1. The Morgan fingerprint density at radius 2 is 2.22 bits per heavy atom. The number of ketones is 1. The fourth-order valence-corrected chi connectivity index (χ4v) is 2.82. The van der Waals surface area contributed by atoms with Gasteiger partial charge in [-0.15, -0.1) is 0 Å². The molecular formula is C13H15Cl2NO2. The number of rotatable bonds is 3. The Morgan fingerprint density at radius 1 is 1.44 bits per heavy atom. The molecule has 3 nitrogen and oxygen atoms in total. The van der Waals surface area contributed by atoms with Gasteiger partial charge in [0.2, 0.25) is 0 Å². The van der Waals surface area contributed by atoms with Crippen LogP contribution in [0.2, 0.25) is 10.0 Å². The molecule has 1 saturated heterocycles. The highest BCUT2D eigenvalue weighted by Crippen LogP contribution is 2.34. The summed E-state index contributed by atoms with van der Waals surface area (Å²) < 4.78 is 5.21. The molecule has 1 atom stereocenters. The van der Waals surface area contributed by atoms with E-state index in [4.69, 9.17) is 27.9 Å². The van der Waals surface area contributed by atoms with Crippen molar-refractivity contribution in [1.29, 1.82) is 0 Å². The predicted molar refractivity (Wildman–Crippen MR) is 72.9 cm³/mol. The van der Waals surface area contributed by atoms with E-state index in [9.17, 15) is 4.79 Å². The van der Waals surface area contributed by atoms with Gasteiger partial charge in [-0.25, -0.2) is 0 Å². The topological polar surface area (TPSA) is 38.3 Å². The van der Waals surface area contributed by atoms with Crippen molar-refractivity contribution in [3.8, 4) is 5.75 Å². The zero-order valence-corrected chi connectivity index (χ0v) is 11.6. The molecule has 18 heavy (non-hydrogen) atoms. The standard InChI is InChI=1S/C13H15Cl2NO2/c1-18-13-10(5-9(14)6-11(13)15)12(17)8-3-2-4-16-7-8/h5-6,8,16H,2-4,7H2,1H3. The minimum Gasteiger partial charge on any atom is -0.494 e. The van der Waals surface area contributed by atoms with Gasteiger partial charge in [0, 0.05) is 17.5 Å². The molecule has 1 fully saturated rings. The van der Waals surface area contributed by atoms with Gasteiger partial charge in [0.05, 0.1) is 17.7 Å². The van der Waals surface area contributed by atoms with E-state index < -0.39 is 0 Å². The second-order valence-corrected chi connectivity index (χ2v) is 5.22. The Kier molecular flexibility index (Phi) is 4.49. The molecule has 0 spiro atoms. The van der Waals surface area contributed by atoms with Crippen LogP contribution in [-0.2, 0) is 0 Å². The molecule has 0 amide bonds. The number of halogens is 2. The molecule has 1 aliphatic heterocycles. The first kappa shape index (κ1) is 13.7. The Bertz CT molecular complexity index is 457. The summed E-state index contributed by atoms with van der Waals surface area (Å²) in [6.45, 7) is 1.67. The Morgan fingerprint density at radius 3 is 2.83 bits per heavy atom. The molecule has 1 aromatic rings. The number of nitrogens with one attached hydrogen (secondary N) is 1. The Labute approximate surface area is 116 Å². The molecule has 1 aromatic carbocycles. The average molecular weight is 288 g/mol. The third kappa shape index (κ3) is 2.79. The lowest BCUT2D eigenvalue weighted by Gasteiger charge is -2.22. The number of methoxy groups -OCH3 is 1. The van der Waals surface area contributed by atoms with Crippen LogP contribution in [-0.4, -0.2) is 26.0 Å². The first-order valence-corrected chi connectivity index (χ1v) is 6.67. The Hall–Kier alpha value is -0.770. The van der Waals surface area contributed by atoms with E-state index >= 15 is 0 Å². The largest absolute Gasteiger partial charge is 0.494 e. The normalized spacial score (nSPS) is 19.6. The minimum absolute atomic E-state index is 0.0258. The number of hydrogen-bond acceptors (Lipinski definition) is 3. The van der Waals surface area contributed by atoms with Crippen LogP contribution >= 0.6 is 23.2 Å². The molecular weight excluding hydrogens is 273 g/mol. The van der Waals surface area contributed by atoms with Crippen LogP contribution in [0.5, 0.6) is 5.75 Å². The molecule has 0 aromatic heterocycles. The first-order valence-electron chi connectivity index (χ1n) is 5.91. The summed E-state index contributed by atoms with van der Waals surface area (Å²) in [5.74, 6) is 0.433. The molecule has 0 aliphatic carbocycles. The molecule has 1 N–H and O–H groups in total. The number of Topliss-reactive ketones (excluding diaryl/α,β-unsaturated/α-hetero) is 1. The van der Waals surface area contributed by atoms with Crippen LogP contribution in [0.1, 0.15) is 23.2 Å². The maximum Gasteiger partial charge on any atom is 0.171 e. The second kappa shape index (κ2) is 5.91. The van der Waals surface area contributed by atoms with Crippen LogP contribution in [0, 0.1) is 5.92 Å². The third-order valence-electron chi connectivity index (χ3n) is 3.15. The zero-order valence-electron chi connectivity index (χ0n) is 10.1.